The zero-order valence-electron chi connectivity index (χ0n) is 25.5. The number of amides is 2. The number of carbonyl (C=O) groups excluding carboxylic acids is 2. The molecule has 0 heterocycles. The Morgan fingerprint density at radius 1 is 0.733 bits per heavy atom. The number of alkyl carbamates (subject to hydrolysis) is 1. The van der Waals surface area contributed by atoms with E-state index in [4.69, 9.17) is 9.47 Å². The van der Waals surface area contributed by atoms with Crippen molar-refractivity contribution < 1.29 is 33.0 Å². The van der Waals surface area contributed by atoms with Gasteiger partial charge < -0.3 is 25.2 Å². The molecule has 0 saturated carbocycles. The van der Waals surface area contributed by atoms with Crippen LogP contribution in [0.2, 0.25) is 0 Å². The molecular weight excluding hydrogens is 578 g/mol. The minimum atomic E-state index is -4.29. The lowest BCUT2D eigenvalue weighted by molar-refractivity contribution is -0.167. The molecule has 9 heteroatoms. The highest BCUT2D eigenvalue weighted by Crippen LogP contribution is 2.28. The highest BCUT2D eigenvalue weighted by Gasteiger charge is 2.51. The van der Waals surface area contributed by atoms with Gasteiger partial charge in [-0.15, -0.1) is 0 Å². The van der Waals surface area contributed by atoms with Gasteiger partial charge in [-0.25, -0.2) is 4.79 Å². The molecule has 4 aromatic rings. The van der Waals surface area contributed by atoms with E-state index in [1.807, 2.05) is 30.3 Å². The predicted molar refractivity (Wildman–Crippen MR) is 168 cm³/mol. The van der Waals surface area contributed by atoms with E-state index >= 15 is 8.78 Å². The molecular formula is C36H38F2N2O5. The zero-order chi connectivity index (χ0) is 32.5. The van der Waals surface area contributed by atoms with Crippen LogP contribution < -0.4 is 15.4 Å². The normalized spacial score (nSPS) is 13.0. The Bertz CT molecular complexity index is 1470. The molecule has 3 N–H and O–H groups in total. The maximum Gasteiger partial charge on any atom is 0.407 e. The second kappa shape index (κ2) is 14.8. The van der Waals surface area contributed by atoms with Crippen LogP contribution in [0.3, 0.4) is 0 Å². The summed E-state index contributed by atoms with van der Waals surface area (Å²) < 4.78 is 42.7. The van der Waals surface area contributed by atoms with Gasteiger partial charge in [-0.2, -0.15) is 8.78 Å². The number of hydrogen-bond donors (Lipinski definition) is 3. The van der Waals surface area contributed by atoms with Gasteiger partial charge in [0.2, 0.25) is 0 Å². The predicted octanol–water partition coefficient (Wildman–Crippen LogP) is 6.60. The lowest BCUT2D eigenvalue weighted by Gasteiger charge is -2.31. The topological polar surface area (TPSA) is 96.9 Å². The van der Waals surface area contributed by atoms with E-state index in [0.29, 0.717) is 29.0 Å². The summed E-state index contributed by atoms with van der Waals surface area (Å²) in [7, 11) is 0. The molecule has 236 valence electrons. The number of carbonyl (C=O) groups is 2. The molecule has 0 aliphatic heterocycles. The van der Waals surface area contributed by atoms with Crippen molar-refractivity contribution in [3.8, 4) is 5.75 Å². The van der Waals surface area contributed by atoms with Gasteiger partial charge in [-0.3, -0.25) is 4.79 Å². The van der Waals surface area contributed by atoms with Crippen molar-refractivity contribution in [2.75, 3.05) is 0 Å². The standard InChI is InChI=1S/C36H38F2N2O5/c1-35(2,3)45-34(43)39-30(23-25-19-21-29(22-20-25)44-24-26-13-7-4-8-14-26)32(41)36(37,38)33(42)40-31(27-15-9-5-10-16-27)28-17-11-6-12-18-28/h4-22,30-32,41H,23-24H2,1-3H3,(H,39,43)(H,40,42). The first-order valence-electron chi connectivity index (χ1n) is 14.6. The number of alkyl halides is 2. The number of benzene rings is 4. The number of ether oxygens (including phenoxy) is 2. The van der Waals surface area contributed by atoms with Gasteiger partial charge in [0.25, 0.3) is 5.91 Å². The Morgan fingerprint density at radius 2 is 1.24 bits per heavy atom. The van der Waals surface area contributed by atoms with Crippen molar-refractivity contribution in [3.05, 3.63) is 138 Å². The van der Waals surface area contributed by atoms with Crippen LogP contribution in [0.5, 0.6) is 5.75 Å². The van der Waals surface area contributed by atoms with Crippen LogP contribution in [0, 0.1) is 0 Å². The van der Waals surface area contributed by atoms with Crippen LogP contribution >= 0.6 is 0 Å². The third kappa shape index (κ3) is 9.61. The Hall–Kier alpha value is -4.76. The molecule has 0 spiro atoms. The molecule has 2 amide bonds. The van der Waals surface area contributed by atoms with Gasteiger partial charge in [0, 0.05) is 0 Å². The maximum atomic E-state index is 15.8. The molecule has 0 fully saturated rings. The number of rotatable bonds is 12. The Balaban J connectivity index is 1.53. The minimum absolute atomic E-state index is 0.219. The molecule has 0 bridgehead atoms. The van der Waals surface area contributed by atoms with Crippen LogP contribution in [0.4, 0.5) is 13.6 Å². The van der Waals surface area contributed by atoms with Crippen molar-refractivity contribution in [2.45, 2.75) is 63.5 Å². The van der Waals surface area contributed by atoms with Gasteiger partial charge in [0.15, 0.2) is 0 Å². The molecule has 2 unspecified atom stereocenters. The molecule has 2 atom stereocenters. The summed E-state index contributed by atoms with van der Waals surface area (Å²) >= 11 is 0. The Kier molecular flexibility index (Phi) is 10.9. The summed E-state index contributed by atoms with van der Waals surface area (Å²) in [5, 5.41) is 15.8. The lowest BCUT2D eigenvalue weighted by Crippen LogP contribution is -2.58. The molecule has 0 aliphatic carbocycles. The average Bonchev–Trinajstić information content (AvgIpc) is 3.03. The SMILES string of the molecule is CC(C)(C)OC(=O)NC(Cc1ccc(OCc2ccccc2)cc1)C(O)C(F)(F)C(=O)NC(c1ccccc1)c1ccccc1. The zero-order valence-corrected chi connectivity index (χ0v) is 25.5. The molecule has 0 saturated heterocycles. The highest BCUT2D eigenvalue weighted by atomic mass is 19.3. The summed E-state index contributed by atoms with van der Waals surface area (Å²) in [6.45, 7) is 5.22. The first-order valence-corrected chi connectivity index (χ1v) is 14.6. The van der Waals surface area contributed by atoms with E-state index in [2.05, 4.69) is 10.6 Å². The van der Waals surface area contributed by atoms with Crippen LogP contribution in [0.15, 0.2) is 115 Å². The fourth-order valence-electron chi connectivity index (χ4n) is 4.68. The molecule has 0 radical (unpaired) electrons. The van der Waals surface area contributed by atoms with Crippen molar-refractivity contribution in [1.29, 1.82) is 0 Å². The average molecular weight is 617 g/mol. The van der Waals surface area contributed by atoms with E-state index < -0.39 is 41.7 Å². The largest absolute Gasteiger partial charge is 0.489 e. The fraction of sp³-hybridized carbons (Fsp3) is 0.278. The van der Waals surface area contributed by atoms with Crippen LogP contribution in [0.1, 0.15) is 49.1 Å². The highest BCUT2D eigenvalue weighted by molar-refractivity contribution is 5.85. The number of nitrogens with one attached hydrogen (secondary N) is 2. The van der Waals surface area contributed by atoms with Gasteiger partial charge in [0.1, 0.15) is 24.1 Å². The second-order valence-electron chi connectivity index (χ2n) is 11.7. The maximum absolute atomic E-state index is 15.8. The van der Waals surface area contributed by atoms with Gasteiger partial charge in [-0.05, 0) is 61.6 Å². The summed E-state index contributed by atoms with van der Waals surface area (Å²) in [6.07, 6.45) is -3.81. The van der Waals surface area contributed by atoms with Gasteiger partial charge in [-0.1, -0.05) is 103 Å². The smallest absolute Gasteiger partial charge is 0.407 e. The summed E-state index contributed by atoms with van der Waals surface area (Å²) in [4.78, 5) is 25.9. The number of aliphatic hydroxyl groups is 1. The summed E-state index contributed by atoms with van der Waals surface area (Å²) in [5.74, 6) is -5.43. The lowest BCUT2D eigenvalue weighted by atomic mass is 9.95. The van der Waals surface area contributed by atoms with E-state index in [-0.39, 0.29) is 6.42 Å². The number of aliphatic hydroxyl groups excluding tert-OH is 1. The Labute approximate surface area is 262 Å². The van der Waals surface area contributed by atoms with Gasteiger partial charge >= 0.3 is 12.0 Å². The monoisotopic (exact) mass is 616 g/mol. The Morgan fingerprint density at radius 3 is 1.76 bits per heavy atom. The van der Waals surface area contributed by atoms with Gasteiger partial charge in [0.05, 0.1) is 12.1 Å². The van der Waals surface area contributed by atoms with Crippen LogP contribution in [-0.2, 0) is 22.6 Å². The van der Waals surface area contributed by atoms with E-state index in [9.17, 15) is 14.7 Å². The number of halogens is 2. The van der Waals surface area contributed by atoms with E-state index in [1.54, 1.807) is 106 Å². The molecule has 4 rings (SSSR count). The van der Waals surface area contributed by atoms with Crippen molar-refractivity contribution in [3.63, 3.8) is 0 Å². The summed E-state index contributed by atoms with van der Waals surface area (Å²) in [6, 6.07) is 31.1. The summed E-state index contributed by atoms with van der Waals surface area (Å²) in [5.41, 5.74) is 1.75. The third-order valence-corrected chi connectivity index (χ3v) is 6.93. The second-order valence-corrected chi connectivity index (χ2v) is 11.7. The first kappa shape index (κ1) is 33.1. The van der Waals surface area contributed by atoms with Crippen LogP contribution in [-0.4, -0.2) is 40.8 Å². The van der Waals surface area contributed by atoms with E-state index in [0.717, 1.165) is 5.56 Å². The molecule has 7 nitrogen and oxygen atoms in total. The minimum Gasteiger partial charge on any atom is -0.489 e. The number of hydrogen-bond acceptors (Lipinski definition) is 5. The molecule has 0 aromatic heterocycles. The third-order valence-electron chi connectivity index (χ3n) is 6.93. The molecule has 45 heavy (non-hydrogen) atoms. The molecule has 0 aliphatic rings. The quantitative estimate of drug-likeness (QED) is 0.167. The van der Waals surface area contributed by atoms with E-state index in [1.165, 1.54) is 0 Å². The van der Waals surface area contributed by atoms with Crippen molar-refractivity contribution >= 4 is 12.0 Å². The van der Waals surface area contributed by atoms with Crippen molar-refractivity contribution in [1.82, 2.24) is 10.6 Å². The molecule has 4 aromatic carbocycles. The first-order chi connectivity index (χ1) is 21.4. The fourth-order valence-corrected chi connectivity index (χ4v) is 4.68. The van der Waals surface area contributed by atoms with Crippen molar-refractivity contribution in [2.24, 2.45) is 0 Å². The van der Waals surface area contributed by atoms with Crippen LogP contribution in [0.25, 0.3) is 0 Å².